The second kappa shape index (κ2) is 10.3. The number of hydrogen-bond donors (Lipinski definition) is 2. The molecule has 0 aliphatic heterocycles. The van der Waals surface area contributed by atoms with Gasteiger partial charge in [-0.05, 0) is 42.0 Å². The minimum Gasteiger partial charge on any atom is -0.482 e. The molecule has 9 nitrogen and oxygen atoms in total. The highest BCUT2D eigenvalue weighted by atomic mass is 16.6. The molecule has 0 saturated carbocycles. The molecule has 0 atom stereocenters. The Labute approximate surface area is 155 Å². The van der Waals surface area contributed by atoms with Crippen LogP contribution in [0.15, 0.2) is 53.8 Å². The number of benzene rings is 1. The van der Waals surface area contributed by atoms with Crippen molar-refractivity contribution in [3.8, 4) is 5.75 Å². The number of carbonyl (C=O) groups excluding carboxylic acids is 3. The summed E-state index contributed by atoms with van der Waals surface area (Å²) in [5.41, 5.74) is 3.43. The number of hydrogen-bond acceptors (Lipinski definition) is 7. The average molecular weight is 370 g/mol. The topological polar surface area (TPSA) is 119 Å². The summed E-state index contributed by atoms with van der Waals surface area (Å²) in [5, 5.41) is 6.16. The molecule has 0 aliphatic carbocycles. The Morgan fingerprint density at radius 2 is 1.89 bits per heavy atom. The zero-order chi connectivity index (χ0) is 19.5. The van der Waals surface area contributed by atoms with E-state index in [1.54, 1.807) is 48.7 Å². The highest BCUT2D eigenvalue weighted by Gasteiger charge is 2.12. The van der Waals surface area contributed by atoms with Crippen LogP contribution in [-0.4, -0.2) is 42.7 Å². The van der Waals surface area contributed by atoms with Gasteiger partial charge in [-0.3, -0.25) is 14.6 Å². The van der Waals surface area contributed by atoms with Crippen molar-refractivity contribution in [2.75, 3.05) is 13.7 Å². The van der Waals surface area contributed by atoms with Gasteiger partial charge in [-0.1, -0.05) is 6.07 Å². The van der Waals surface area contributed by atoms with Gasteiger partial charge in [0.25, 0.3) is 0 Å². The van der Waals surface area contributed by atoms with Crippen LogP contribution in [0.1, 0.15) is 11.3 Å². The highest BCUT2D eigenvalue weighted by Crippen LogP contribution is 2.10. The number of carbonyl (C=O) groups is 3. The van der Waals surface area contributed by atoms with Crippen molar-refractivity contribution in [1.29, 1.82) is 0 Å². The number of methoxy groups -OCH3 is 1. The second-order valence-electron chi connectivity index (χ2n) is 5.14. The average Bonchev–Trinajstić information content (AvgIpc) is 2.71. The van der Waals surface area contributed by atoms with Gasteiger partial charge in [-0.25, -0.2) is 10.2 Å². The van der Waals surface area contributed by atoms with Crippen molar-refractivity contribution in [2.24, 2.45) is 5.10 Å². The fourth-order valence-corrected chi connectivity index (χ4v) is 1.82. The van der Waals surface area contributed by atoms with Gasteiger partial charge in [0.1, 0.15) is 5.75 Å². The fourth-order valence-electron chi connectivity index (χ4n) is 1.82. The van der Waals surface area contributed by atoms with Crippen LogP contribution in [0.25, 0.3) is 0 Å². The van der Waals surface area contributed by atoms with Crippen molar-refractivity contribution in [3.63, 3.8) is 0 Å². The third kappa shape index (κ3) is 6.94. The number of ether oxygens (including phenoxy) is 2. The number of nitrogens with zero attached hydrogens (tertiary/aromatic N) is 2. The SMILES string of the molecule is COC(=O)COc1ccc(/C=N\NC(=O)C(=O)NCc2ccccn2)cc1. The van der Waals surface area contributed by atoms with E-state index in [1.165, 1.54) is 13.3 Å². The number of esters is 1. The quantitative estimate of drug-likeness (QED) is 0.315. The molecule has 140 valence electrons. The van der Waals surface area contributed by atoms with Crippen LogP contribution in [-0.2, 0) is 25.7 Å². The molecule has 2 N–H and O–H groups in total. The highest BCUT2D eigenvalue weighted by molar-refractivity contribution is 6.35. The van der Waals surface area contributed by atoms with Gasteiger partial charge in [0, 0.05) is 6.20 Å². The molecule has 0 radical (unpaired) electrons. The smallest absolute Gasteiger partial charge is 0.343 e. The molecular weight excluding hydrogens is 352 g/mol. The standard InChI is InChI=1S/C18H18N4O5/c1-26-16(23)12-27-15-7-5-13(6-8-15)10-21-22-18(25)17(24)20-11-14-4-2-3-9-19-14/h2-10H,11-12H2,1H3,(H,20,24)(H,22,25)/b21-10-. The van der Waals surface area contributed by atoms with Gasteiger partial charge in [-0.2, -0.15) is 5.10 Å². The molecule has 9 heteroatoms. The summed E-state index contributed by atoms with van der Waals surface area (Å²) >= 11 is 0. The Morgan fingerprint density at radius 3 is 2.56 bits per heavy atom. The van der Waals surface area contributed by atoms with Crippen molar-refractivity contribution < 1.29 is 23.9 Å². The molecule has 2 amide bonds. The molecule has 0 aliphatic rings. The van der Waals surface area contributed by atoms with E-state index in [1.807, 2.05) is 0 Å². The van der Waals surface area contributed by atoms with Crippen LogP contribution in [0.5, 0.6) is 5.75 Å². The van der Waals surface area contributed by atoms with Crippen molar-refractivity contribution in [2.45, 2.75) is 6.54 Å². The van der Waals surface area contributed by atoms with Crippen LogP contribution in [0, 0.1) is 0 Å². The van der Waals surface area contributed by atoms with E-state index in [2.05, 4.69) is 25.6 Å². The maximum Gasteiger partial charge on any atom is 0.343 e. The molecule has 0 unspecified atom stereocenters. The summed E-state index contributed by atoms with van der Waals surface area (Å²) in [6, 6.07) is 11.9. The minimum absolute atomic E-state index is 0.143. The lowest BCUT2D eigenvalue weighted by Crippen LogP contribution is -2.37. The predicted molar refractivity (Wildman–Crippen MR) is 95.8 cm³/mol. The molecule has 1 aromatic heterocycles. The lowest BCUT2D eigenvalue weighted by atomic mass is 10.2. The molecule has 1 heterocycles. The van der Waals surface area contributed by atoms with Gasteiger partial charge in [0.2, 0.25) is 0 Å². The summed E-state index contributed by atoms with van der Waals surface area (Å²) in [5.74, 6) is -1.70. The number of pyridine rings is 1. The number of aromatic nitrogens is 1. The lowest BCUT2D eigenvalue weighted by molar-refractivity contribution is -0.142. The van der Waals surface area contributed by atoms with Crippen LogP contribution < -0.4 is 15.5 Å². The largest absolute Gasteiger partial charge is 0.482 e. The van der Waals surface area contributed by atoms with Crippen LogP contribution in [0.4, 0.5) is 0 Å². The van der Waals surface area contributed by atoms with E-state index in [0.29, 0.717) is 17.0 Å². The van der Waals surface area contributed by atoms with Gasteiger partial charge >= 0.3 is 17.8 Å². The van der Waals surface area contributed by atoms with Crippen LogP contribution in [0.3, 0.4) is 0 Å². The first-order chi connectivity index (χ1) is 13.1. The van der Waals surface area contributed by atoms with E-state index in [-0.39, 0.29) is 13.2 Å². The Hall–Kier alpha value is -3.75. The molecule has 2 rings (SSSR count). The molecule has 2 aromatic rings. The van der Waals surface area contributed by atoms with Crippen molar-refractivity contribution in [3.05, 3.63) is 59.9 Å². The van der Waals surface area contributed by atoms with E-state index in [0.717, 1.165) is 0 Å². The number of nitrogens with one attached hydrogen (secondary N) is 2. The molecule has 27 heavy (non-hydrogen) atoms. The minimum atomic E-state index is -0.889. The molecule has 0 saturated heterocycles. The van der Waals surface area contributed by atoms with Gasteiger partial charge in [0.05, 0.1) is 25.6 Å². The Bertz CT molecular complexity index is 806. The fraction of sp³-hybridized carbons (Fsp3) is 0.167. The second-order valence-corrected chi connectivity index (χ2v) is 5.14. The van der Waals surface area contributed by atoms with E-state index in [9.17, 15) is 14.4 Å². The Morgan fingerprint density at radius 1 is 1.11 bits per heavy atom. The summed E-state index contributed by atoms with van der Waals surface area (Å²) in [6.07, 6.45) is 2.96. The summed E-state index contributed by atoms with van der Waals surface area (Å²) < 4.78 is 9.68. The molecular formula is C18H18N4O5. The molecule has 0 fully saturated rings. The maximum absolute atomic E-state index is 11.7. The summed E-state index contributed by atoms with van der Waals surface area (Å²) in [7, 11) is 1.28. The van der Waals surface area contributed by atoms with E-state index < -0.39 is 17.8 Å². The monoisotopic (exact) mass is 370 g/mol. The Balaban J connectivity index is 1.76. The zero-order valence-electron chi connectivity index (χ0n) is 14.5. The number of amides is 2. The number of rotatable bonds is 7. The lowest BCUT2D eigenvalue weighted by Gasteiger charge is -2.04. The van der Waals surface area contributed by atoms with Gasteiger partial charge in [0.15, 0.2) is 6.61 Å². The van der Waals surface area contributed by atoms with Crippen molar-refractivity contribution in [1.82, 2.24) is 15.7 Å². The third-order valence-corrected chi connectivity index (χ3v) is 3.21. The molecule has 1 aromatic carbocycles. The summed E-state index contributed by atoms with van der Waals surface area (Å²) in [4.78, 5) is 38.4. The first kappa shape index (κ1) is 19.6. The molecule has 0 bridgehead atoms. The van der Waals surface area contributed by atoms with Crippen molar-refractivity contribution >= 4 is 24.0 Å². The van der Waals surface area contributed by atoms with Gasteiger partial charge < -0.3 is 14.8 Å². The zero-order valence-corrected chi connectivity index (χ0v) is 14.5. The maximum atomic E-state index is 11.7. The molecule has 0 spiro atoms. The third-order valence-electron chi connectivity index (χ3n) is 3.21. The predicted octanol–water partition coefficient (Wildman–Crippen LogP) is 0.400. The first-order valence-electron chi connectivity index (χ1n) is 7.89. The van der Waals surface area contributed by atoms with Crippen LogP contribution in [0.2, 0.25) is 0 Å². The summed E-state index contributed by atoms with van der Waals surface area (Å²) in [6.45, 7) is -0.0442. The van der Waals surface area contributed by atoms with E-state index in [4.69, 9.17) is 4.74 Å². The van der Waals surface area contributed by atoms with Gasteiger partial charge in [-0.15, -0.1) is 0 Å². The normalized spacial score (nSPS) is 10.3. The Kier molecular flexibility index (Phi) is 7.46. The van der Waals surface area contributed by atoms with E-state index >= 15 is 0 Å². The number of hydrazone groups is 1. The van der Waals surface area contributed by atoms with Crippen LogP contribution >= 0.6 is 0 Å². The first-order valence-corrected chi connectivity index (χ1v) is 7.89.